The predicted octanol–water partition coefficient (Wildman–Crippen LogP) is 4.06. The van der Waals surface area contributed by atoms with Crippen molar-refractivity contribution in [3.05, 3.63) is 54.1 Å². The van der Waals surface area contributed by atoms with E-state index in [-0.39, 0.29) is 9.76 Å². The van der Waals surface area contributed by atoms with Crippen molar-refractivity contribution in [2.45, 2.75) is 11.0 Å². The van der Waals surface area contributed by atoms with Gasteiger partial charge in [0.05, 0.1) is 11.4 Å². The molecule has 2 aromatic carbocycles. The first-order chi connectivity index (χ1) is 10.1. The van der Waals surface area contributed by atoms with Crippen LogP contribution in [0.15, 0.2) is 53.5 Å². The number of fused-ring (bicyclic) bond motifs is 1. The molecule has 1 unspecified atom stereocenters. The number of hydrogen-bond donors (Lipinski definition) is 1. The van der Waals surface area contributed by atoms with Gasteiger partial charge in [0, 0.05) is 5.69 Å². The Bertz CT molecular complexity index is 725. The first kappa shape index (κ1) is 14.1. The molecule has 0 amide bonds. The highest BCUT2D eigenvalue weighted by molar-refractivity contribution is 14.1. The van der Waals surface area contributed by atoms with Gasteiger partial charge in [-0.2, -0.15) is 0 Å². The molecule has 0 radical (unpaired) electrons. The fraction of sp³-hybridized carbons (Fsp3) is 0.125. The second-order valence-corrected chi connectivity index (χ2v) is 6.01. The van der Waals surface area contributed by atoms with E-state index in [1.165, 1.54) is 5.56 Å². The van der Waals surface area contributed by atoms with Crippen molar-refractivity contribution in [2.24, 2.45) is 4.99 Å². The summed E-state index contributed by atoms with van der Waals surface area (Å²) in [5, 5.41) is 9.38. The summed E-state index contributed by atoms with van der Waals surface area (Å²) in [6.45, 7) is 2.03. The zero-order valence-corrected chi connectivity index (χ0v) is 13.5. The van der Waals surface area contributed by atoms with Crippen LogP contribution in [0.4, 0.5) is 17.1 Å². The number of aliphatic carboxylic acids is 1. The standard InChI is InChI=1S/C16H13IN2O2/c1-10-6-8-11(9-7-10)19-13-5-3-2-4-12(13)18-14(15(19)17)16(20)21/h2-9,15H,1H3,(H,20,21). The van der Waals surface area contributed by atoms with Gasteiger partial charge in [-0.3, -0.25) is 0 Å². The van der Waals surface area contributed by atoms with Crippen LogP contribution in [0.5, 0.6) is 0 Å². The highest BCUT2D eigenvalue weighted by Crippen LogP contribution is 2.41. The van der Waals surface area contributed by atoms with Crippen LogP contribution in [0.25, 0.3) is 0 Å². The average Bonchev–Trinajstić information content (AvgIpc) is 2.48. The highest BCUT2D eigenvalue weighted by Gasteiger charge is 2.32. The van der Waals surface area contributed by atoms with E-state index in [9.17, 15) is 9.90 Å². The van der Waals surface area contributed by atoms with Crippen molar-refractivity contribution in [3.63, 3.8) is 0 Å². The fourth-order valence-electron chi connectivity index (χ4n) is 2.31. The zero-order chi connectivity index (χ0) is 15.0. The number of halogens is 1. The Morgan fingerprint density at radius 3 is 2.52 bits per heavy atom. The molecular weight excluding hydrogens is 379 g/mol. The number of nitrogens with zero attached hydrogens (tertiary/aromatic N) is 2. The SMILES string of the molecule is Cc1ccc(N2c3ccccc3N=C(C(=O)O)C2I)cc1. The third kappa shape index (κ3) is 2.53. The van der Waals surface area contributed by atoms with Crippen LogP contribution in [0, 0.1) is 6.92 Å². The Morgan fingerprint density at radius 2 is 1.86 bits per heavy atom. The van der Waals surface area contributed by atoms with Gasteiger partial charge in [-0.25, -0.2) is 9.79 Å². The molecule has 21 heavy (non-hydrogen) atoms. The lowest BCUT2D eigenvalue weighted by Gasteiger charge is -2.34. The Balaban J connectivity index is 2.17. The fourth-order valence-corrected chi connectivity index (χ4v) is 3.34. The molecule has 1 atom stereocenters. The Morgan fingerprint density at radius 1 is 1.19 bits per heavy atom. The van der Waals surface area contributed by atoms with Gasteiger partial charge in [-0.05, 0) is 31.2 Å². The zero-order valence-electron chi connectivity index (χ0n) is 11.3. The Labute approximate surface area is 136 Å². The lowest BCUT2D eigenvalue weighted by atomic mass is 10.1. The van der Waals surface area contributed by atoms with Crippen molar-refractivity contribution in [1.29, 1.82) is 0 Å². The second kappa shape index (κ2) is 5.48. The monoisotopic (exact) mass is 392 g/mol. The maximum absolute atomic E-state index is 11.4. The van der Waals surface area contributed by atoms with E-state index < -0.39 is 5.97 Å². The molecule has 1 N–H and O–H groups in total. The summed E-state index contributed by atoms with van der Waals surface area (Å²) in [6, 6.07) is 15.6. The lowest BCUT2D eigenvalue weighted by molar-refractivity contribution is -0.129. The third-order valence-corrected chi connectivity index (χ3v) is 4.51. The molecule has 0 fully saturated rings. The van der Waals surface area contributed by atoms with Gasteiger partial charge in [0.2, 0.25) is 0 Å². The summed E-state index contributed by atoms with van der Waals surface area (Å²) in [4.78, 5) is 17.7. The average molecular weight is 392 g/mol. The van der Waals surface area contributed by atoms with Crippen LogP contribution < -0.4 is 4.90 Å². The molecule has 0 bridgehead atoms. The molecule has 1 aliphatic heterocycles. The predicted molar refractivity (Wildman–Crippen MR) is 92.3 cm³/mol. The molecule has 0 saturated heterocycles. The van der Waals surface area contributed by atoms with Gasteiger partial charge < -0.3 is 10.0 Å². The van der Waals surface area contributed by atoms with Crippen LogP contribution >= 0.6 is 22.6 Å². The van der Waals surface area contributed by atoms with Crippen molar-refractivity contribution in [3.8, 4) is 0 Å². The number of benzene rings is 2. The summed E-state index contributed by atoms with van der Waals surface area (Å²) in [7, 11) is 0. The van der Waals surface area contributed by atoms with E-state index in [0.717, 1.165) is 11.4 Å². The molecule has 0 aliphatic carbocycles. The number of hydrogen-bond acceptors (Lipinski definition) is 3. The molecule has 1 heterocycles. The molecule has 106 valence electrons. The number of alkyl halides is 1. The van der Waals surface area contributed by atoms with Gasteiger partial charge >= 0.3 is 5.97 Å². The maximum atomic E-state index is 11.4. The van der Waals surface area contributed by atoms with Gasteiger partial charge in [0.15, 0.2) is 5.71 Å². The number of aryl methyl sites for hydroxylation is 1. The number of anilines is 2. The Kier molecular flexibility index (Phi) is 3.67. The van der Waals surface area contributed by atoms with E-state index in [4.69, 9.17) is 0 Å². The molecule has 0 aromatic heterocycles. The highest BCUT2D eigenvalue weighted by atomic mass is 127. The topological polar surface area (TPSA) is 52.9 Å². The van der Waals surface area contributed by atoms with Crippen molar-refractivity contribution in [2.75, 3.05) is 4.90 Å². The lowest BCUT2D eigenvalue weighted by Crippen LogP contribution is -2.39. The van der Waals surface area contributed by atoms with Crippen LogP contribution in [-0.4, -0.2) is 20.8 Å². The summed E-state index contributed by atoms with van der Waals surface area (Å²) in [6.07, 6.45) is 0. The largest absolute Gasteiger partial charge is 0.477 e. The molecule has 2 aromatic rings. The van der Waals surface area contributed by atoms with Crippen molar-refractivity contribution in [1.82, 2.24) is 0 Å². The minimum Gasteiger partial charge on any atom is -0.477 e. The van der Waals surface area contributed by atoms with Gasteiger partial charge in [-0.1, -0.05) is 52.4 Å². The molecule has 1 aliphatic rings. The molecular formula is C16H13IN2O2. The number of carbonyl (C=O) groups is 1. The summed E-state index contributed by atoms with van der Waals surface area (Å²) >= 11 is 2.12. The summed E-state index contributed by atoms with van der Waals surface area (Å²) < 4.78 is -0.349. The normalized spacial score (nSPS) is 17.1. The van der Waals surface area contributed by atoms with Crippen molar-refractivity contribution < 1.29 is 9.90 Å². The molecule has 5 heteroatoms. The molecule has 4 nitrogen and oxygen atoms in total. The van der Waals surface area contributed by atoms with Crippen LogP contribution in [-0.2, 0) is 4.79 Å². The van der Waals surface area contributed by atoms with Crippen molar-refractivity contribution >= 4 is 51.3 Å². The van der Waals surface area contributed by atoms with E-state index in [2.05, 4.69) is 27.6 Å². The minimum absolute atomic E-state index is 0.148. The number of para-hydroxylation sites is 2. The Hall–Kier alpha value is -1.89. The molecule has 0 spiro atoms. The van der Waals surface area contributed by atoms with Gasteiger partial charge in [0.1, 0.15) is 4.05 Å². The third-order valence-electron chi connectivity index (χ3n) is 3.37. The summed E-state index contributed by atoms with van der Waals surface area (Å²) in [5.41, 5.74) is 3.88. The van der Waals surface area contributed by atoms with Crippen LogP contribution in [0.2, 0.25) is 0 Å². The molecule has 0 saturated carbocycles. The van der Waals surface area contributed by atoms with Crippen LogP contribution in [0.1, 0.15) is 5.56 Å². The molecule has 3 rings (SSSR count). The summed E-state index contributed by atoms with van der Waals surface area (Å²) in [5.74, 6) is -0.985. The minimum atomic E-state index is -0.985. The second-order valence-electron chi connectivity index (χ2n) is 4.83. The smallest absolute Gasteiger partial charge is 0.353 e. The van der Waals surface area contributed by atoms with E-state index in [1.807, 2.05) is 60.4 Å². The number of carboxylic acids is 1. The first-order valence-electron chi connectivity index (χ1n) is 6.49. The number of rotatable bonds is 2. The number of carboxylic acid groups (broad SMARTS) is 1. The van der Waals surface area contributed by atoms with Gasteiger partial charge in [0.25, 0.3) is 0 Å². The first-order valence-corrected chi connectivity index (χ1v) is 7.73. The van der Waals surface area contributed by atoms with E-state index in [0.29, 0.717) is 5.69 Å². The van der Waals surface area contributed by atoms with E-state index >= 15 is 0 Å². The maximum Gasteiger partial charge on any atom is 0.353 e. The number of aliphatic imine (C=N–C) groups is 1. The quantitative estimate of drug-likeness (QED) is 0.477. The van der Waals surface area contributed by atoms with Crippen LogP contribution in [0.3, 0.4) is 0 Å². The van der Waals surface area contributed by atoms with Gasteiger partial charge in [-0.15, -0.1) is 0 Å². The van der Waals surface area contributed by atoms with E-state index in [1.54, 1.807) is 0 Å².